The molecule has 0 atom stereocenters. The van der Waals surface area contributed by atoms with Crippen LogP contribution in [-0.4, -0.2) is 23.9 Å². The SMILES string of the molecule is Fc1cccnc1NCC(F)(F)C(F)F. The number of anilines is 1. The smallest absolute Gasteiger partial charge is 0.324 e. The van der Waals surface area contributed by atoms with Crippen LogP contribution < -0.4 is 5.32 Å². The Morgan fingerprint density at radius 3 is 2.60 bits per heavy atom. The first-order chi connectivity index (χ1) is 6.93. The first-order valence-corrected chi connectivity index (χ1v) is 3.94. The minimum atomic E-state index is -4.20. The normalized spacial score (nSPS) is 11.9. The molecule has 7 heteroatoms. The predicted octanol–water partition coefficient (Wildman–Crippen LogP) is 2.53. The van der Waals surface area contributed by atoms with E-state index in [9.17, 15) is 22.0 Å². The van der Waals surface area contributed by atoms with Crippen molar-refractivity contribution < 1.29 is 22.0 Å². The Kier molecular flexibility index (Phi) is 3.43. The summed E-state index contributed by atoms with van der Waals surface area (Å²) in [4.78, 5) is 3.38. The average Bonchev–Trinajstić information content (AvgIpc) is 2.16. The lowest BCUT2D eigenvalue weighted by molar-refractivity contribution is -0.117. The predicted molar refractivity (Wildman–Crippen MR) is 43.6 cm³/mol. The van der Waals surface area contributed by atoms with Crippen LogP contribution in [0.3, 0.4) is 0 Å². The average molecular weight is 226 g/mol. The van der Waals surface area contributed by atoms with E-state index in [1.165, 1.54) is 6.07 Å². The van der Waals surface area contributed by atoms with Crippen LogP contribution >= 0.6 is 0 Å². The fourth-order valence-electron chi connectivity index (χ4n) is 0.794. The summed E-state index contributed by atoms with van der Waals surface area (Å²) >= 11 is 0. The Labute approximate surface area is 82.1 Å². The molecule has 0 radical (unpaired) electrons. The quantitative estimate of drug-likeness (QED) is 0.798. The van der Waals surface area contributed by atoms with Crippen LogP contribution in [0, 0.1) is 5.82 Å². The first-order valence-electron chi connectivity index (χ1n) is 3.94. The van der Waals surface area contributed by atoms with Crippen LogP contribution in [0.15, 0.2) is 18.3 Å². The number of nitrogens with one attached hydrogen (secondary N) is 1. The van der Waals surface area contributed by atoms with Gasteiger partial charge in [0.05, 0.1) is 6.54 Å². The molecule has 84 valence electrons. The van der Waals surface area contributed by atoms with Crippen LogP contribution in [0.5, 0.6) is 0 Å². The van der Waals surface area contributed by atoms with E-state index >= 15 is 0 Å². The lowest BCUT2D eigenvalue weighted by Gasteiger charge is -2.16. The number of nitrogens with zero attached hydrogens (tertiary/aromatic N) is 1. The molecular formula is C8H7F5N2. The van der Waals surface area contributed by atoms with Crippen molar-refractivity contribution in [2.24, 2.45) is 0 Å². The van der Waals surface area contributed by atoms with E-state index in [1.54, 1.807) is 0 Å². The third kappa shape index (κ3) is 3.03. The van der Waals surface area contributed by atoms with Crippen LogP contribution in [0.2, 0.25) is 0 Å². The van der Waals surface area contributed by atoms with E-state index in [1.807, 2.05) is 5.32 Å². The van der Waals surface area contributed by atoms with Crippen LogP contribution in [0.4, 0.5) is 27.8 Å². The first kappa shape index (κ1) is 11.7. The second-order valence-electron chi connectivity index (χ2n) is 2.75. The van der Waals surface area contributed by atoms with Gasteiger partial charge in [-0.05, 0) is 12.1 Å². The van der Waals surface area contributed by atoms with E-state index in [0.29, 0.717) is 0 Å². The number of hydrogen-bond acceptors (Lipinski definition) is 2. The molecule has 0 aliphatic carbocycles. The largest absolute Gasteiger partial charge is 0.361 e. The van der Waals surface area contributed by atoms with Gasteiger partial charge in [0.2, 0.25) is 0 Å². The fraction of sp³-hybridized carbons (Fsp3) is 0.375. The van der Waals surface area contributed by atoms with Gasteiger partial charge in [0, 0.05) is 6.20 Å². The summed E-state index contributed by atoms with van der Waals surface area (Å²) in [6.45, 7) is -1.36. The highest BCUT2D eigenvalue weighted by Gasteiger charge is 2.40. The molecule has 0 unspecified atom stereocenters. The summed E-state index contributed by atoms with van der Waals surface area (Å²) in [6, 6.07) is 2.24. The Hall–Kier alpha value is -1.40. The zero-order valence-corrected chi connectivity index (χ0v) is 7.35. The Morgan fingerprint density at radius 2 is 2.07 bits per heavy atom. The molecular weight excluding hydrogens is 219 g/mol. The molecule has 1 aromatic heterocycles. The van der Waals surface area contributed by atoms with E-state index < -0.39 is 30.5 Å². The Balaban J connectivity index is 2.62. The molecule has 1 rings (SSSR count). The van der Waals surface area contributed by atoms with Crippen molar-refractivity contribution in [1.29, 1.82) is 0 Å². The highest BCUT2D eigenvalue weighted by Crippen LogP contribution is 2.23. The zero-order valence-electron chi connectivity index (χ0n) is 7.35. The molecule has 2 nitrogen and oxygen atoms in total. The minimum absolute atomic E-state index is 0.474. The number of pyridine rings is 1. The fourth-order valence-corrected chi connectivity index (χ4v) is 0.794. The standard InChI is InChI=1S/C8H7F5N2/c9-5-2-1-3-14-6(5)15-4-8(12,13)7(10)11/h1-3,7H,4H2,(H,14,15). The van der Waals surface area contributed by atoms with Gasteiger partial charge in [-0.1, -0.05) is 0 Å². The second-order valence-corrected chi connectivity index (χ2v) is 2.75. The molecule has 0 fully saturated rings. The number of hydrogen-bond donors (Lipinski definition) is 1. The summed E-state index contributed by atoms with van der Waals surface area (Å²) in [5.74, 6) is -5.55. The van der Waals surface area contributed by atoms with Crippen LogP contribution in [-0.2, 0) is 0 Å². The highest BCUT2D eigenvalue weighted by atomic mass is 19.3. The highest BCUT2D eigenvalue weighted by molar-refractivity contribution is 5.35. The van der Waals surface area contributed by atoms with Crippen LogP contribution in [0.25, 0.3) is 0 Å². The zero-order chi connectivity index (χ0) is 11.5. The van der Waals surface area contributed by atoms with Gasteiger partial charge < -0.3 is 5.32 Å². The molecule has 15 heavy (non-hydrogen) atoms. The van der Waals surface area contributed by atoms with Crippen molar-refractivity contribution in [3.8, 4) is 0 Å². The topological polar surface area (TPSA) is 24.9 Å². The van der Waals surface area contributed by atoms with Gasteiger partial charge in [0.25, 0.3) is 0 Å². The van der Waals surface area contributed by atoms with Gasteiger partial charge in [-0.15, -0.1) is 0 Å². The summed E-state index contributed by atoms with van der Waals surface area (Å²) in [5, 5.41) is 1.82. The summed E-state index contributed by atoms with van der Waals surface area (Å²) < 4.78 is 61.0. The van der Waals surface area contributed by atoms with Crippen molar-refractivity contribution in [2.75, 3.05) is 11.9 Å². The van der Waals surface area contributed by atoms with Gasteiger partial charge >= 0.3 is 12.3 Å². The summed E-state index contributed by atoms with van der Waals surface area (Å²) in [5.41, 5.74) is 0. The maximum atomic E-state index is 12.8. The summed E-state index contributed by atoms with van der Waals surface area (Å²) in [6.07, 6.45) is -2.64. The maximum absolute atomic E-state index is 12.8. The molecule has 0 saturated carbocycles. The van der Waals surface area contributed by atoms with Crippen LogP contribution in [0.1, 0.15) is 0 Å². The van der Waals surface area contributed by atoms with E-state index in [2.05, 4.69) is 4.98 Å². The number of rotatable bonds is 4. The molecule has 0 spiro atoms. The van der Waals surface area contributed by atoms with Gasteiger partial charge in [0.15, 0.2) is 11.6 Å². The van der Waals surface area contributed by atoms with E-state index in [0.717, 1.165) is 12.3 Å². The third-order valence-electron chi connectivity index (χ3n) is 1.57. The monoisotopic (exact) mass is 226 g/mol. The van der Waals surface area contributed by atoms with Crippen molar-refractivity contribution in [3.63, 3.8) is 0 Å². The Bertz CT molecular complexity index is 329. The maximum Gasteiger partial charge on any atom is 0.324 e. The molecule has 0 aromatic carbocycles. The molecule has 1 aromatic rings. The van der Waals surface area contributed by atoms with Gasteiger partial charge in [0.1, 0.15) is 0 Å². The van der Waals surface area contributed by atoms with Crippen molar-refractivity contribution >= 4 is 5.82 Å². The molecule has 1 heterocycles. The molecule has 0 amide bonds. The lowest BCUT2D eigenvalue weighted by atomic mass is 10.3. The van der Waals surface area contributed by atoms with E-state index in [4.69, 9.17) is 0 Å². The molecule has 0 aliphatic rings. The summed E-state index contributed by atoms with van der Waals surface area (Å²) in [7, 11) is 0. The van der Waals surface area contributed by atoms with Crippen molar-refractivity contribution in [2.45, 2.75) is 12.3 Å². The van der Waals surface area contributed by atoms with Gasteiger partial charge in [-0.3, -0.25) is 0 Å². The van der Waals surface area contributed by atoms with E-state index in [-0.39, 0.29) is 0 Å². The van der Waals surface area contributed by atoms with Gasteiger partial charge in [-0.25, -0.2) is 18.2 Å². The third-order valence-corrected chi connectivity index (χ3v) is 1.57. The van der Waals surface area contributed by atoms with Crippen molar-refractivity contribution in [3.05, 3.63) is 24.1 Å². The Morgan fingerprint density at radius 1 is 1.40 bits per heavy atom. The lowest BCUT2D eigenvalue weighted by Crippen LogP contribution is -2.35. The molecule has 0 bridgehead atoms. The van der Waals surface area contributed by atoms with Gasteiger partial charge in [-0.2, -0.15) is 8.78 Å². The second kappa shape index (κ2) is 4.41. The number of aromatic nitrogens is 1. The minimum Gasteiger partial charge on any atom is -0.361 e. The number of alkyl halides is 4. The molecule has 0 aliphatic heterocycles. The number of halogens is 5. The molecule has 1 N–H and O–H groups in total. The molecule has 0 saturated heterocycles. The van der Waals surface area contributed by atoms with Crippen molar-refractivity contribution in [1.82, 2.24) is 4.98 Å².